The van der Waals surface area contributed by atoms with Crippen molar-refractivity contribution in [2.24, 2.45) is 0 Å². The maximum absolute atomic E-state index is 12.7. The summed E-state index contributed by atoms with van der Waals surface area (Å²) in [5.74, 6) is 0.848. The Labute approximate surface area is 173 Å². The predicted molar refractivity (Wildman–Crippen MR) is 113 cm³/mol. The molecule has 1 amide bonds. The minimum absolute atomic E-state index is 0.105. The first-order valence-corrected chi connectivity index (χ1v) is 10.7. The van der Waals surface area contributed by atoms with Crippen molar-refractivity contribution in [2.75, 3.05) is 11.1 Å². The van der Waals surface area contributed by atoms with Crippen LogP contribution in [0.25, 0.3) is 0 Å². The van der Waals surface area contributed by atoms with E-state index in [1.807, 2.05) is 43.3 Å². The molecule has 150 valence electrons. The first-order chi connectivity index (χ1) is 14.1. The Morgan fingerprint density at radius 1 is 1.24 bits per heavy atom. The molecule has 0 unspecified atom stereocenters. The van der Waals surface area contributed by atoms with E-state index in [4.69, 9.17) is 4.42 Å². The van der Waals surface area contributed by atoms with E-state index in [-0.39, 0.29) is 17.3 Å². The Kier molecular flexibility index (Phi) is 5.85. The van der Waals surface area contributed by atoms with Gasteiger partial charge in [0.05, 0.1) is 18.6 Å². The van der Waals surface area contributed by atoms with Crippen LogP contribution in [-0.2, 0) is 24.2 Å². The maximum Gasteiger partial charge on any atom is 0.349 e. The Morgan fingerprint density at radius 3 is 2.90 bits per heavy atom. The molecule has 0 radical (unpaired) electrons. The molecule has 7 heteroatoms. The fourth-order valence-electron chi connectivity index (χ4n) is 3.64. The fraction of sp³-hybridized carbons (Fsp3) is 0.318. The molecule has 0 bridgehead atoms. The average molecular weight is 410 g/mol. The van der Waals surface area contributed by atoms with Crippen molar-refractivity contribution in [3.63, 3.8) is 0 Å². The Bertz CT molecular complexity index is 1070. The largest absolute Gasteiger partial charge is 0.467 e. The lowest BCUT2D eigenvalue weighted by Gasteiger charge is -2.22. The number of rotatable bonds is 6. The highest BCUT2D eigenvalue weighted by atomic mass is 32.2. The number of nitrogens with one attached hydrogen (secondary N) is 1. The average Bonchev–Trinajstić information content (AvgIpc) is 3.22. The van der Waals surface area contributed by atoms with Gasteiger partial charge in [-0.25, -0.2) is 4.79 Å². The maximum atomic E-state index is 12.7. The van der Waals surface area contributed by atoms with Crippen molar-refractivity contribution in [1.82, 2.24) is 9.55 Å². The fourth-order valence-corrected chi connectivity index (χ4v) is 4.52. The second-order valence-corrected chi connectivity index (χ2v) is 8.17. The molecule has 2 aromatic heterocycles. The highest BCUT2D eigenvalue weighted by Gasteiger charge is 2.21. The van der Waals surface area contributed by atoms with E-state index in [9.17, 15) is 9.59 Å². The van der Waals surface area contributed by atoms with E-state index >= 15 is 0 Å². The van der Waals surface area contributed by atoms with Gasteiger partial charge in [0.15, 0.2) is 0 Å². The number of aromatic nitrogens is 2. The summed E-state index contributed by atoms with van der Waals surface area (Å²) in [6.45, 7) is 2.37. The summed E-state index contributed by atoms with van der Waals surface area (Å²) < 4.78 is 7.12. The molecule has 1 aliphatic rings. The first kappa shape index (κ1) is 19.5. The van der Waals surface area contributed by atoms with Crippen LogP contribution in [0, 0.1) is 6.92 Å². The lowest BCUT2D eigenvalue weighted by Crippen LogP contribution is -2.30. The highest BCUT2D eigenvalue weighted by molar-refractivity contribution is 8.00. The zero-order chi connectivity index (χ0) is 20.2. The molecule has 1 aromatic carbocycles. The molecule has 3 aromatic rings. The zero-order valence-electron chi connectivity index (χ0n) is 16.3. The van der Waals surface area contributed by atoms with Gasteiger partial charge >= 0.3 is 5.69 Å². The topological polar surface area (TPSA) is 77.1 Å². The van der Waals surface area contributed by atoms with Gasteiger partial charge in [-0.1, -0.05) is 23.9 Å². The molecule has 6 nitrogen and oxygen atoms in total. The number of benzene rings is 1. The van der Waals surface area contributed by atoms with Crippen LogP contribution in [0.2, 0.25) is 0 Å². The van der Waals surface area contributed by atoms with Gasteiger partial charge in [0.2, 0.25) is 5.91 Å². The third-order valence-corrected chi connectivity index (χ3v) is 6.00. The van der Waals surface area contributed by atoms with Crippen LogP contribution in [0.15, 0.2) is 56.9 Å². The van der Waals surface area contributed by atoms with E-state index in [0.717, 1.165) is 54.0 Å². The molecule has 0 spiro atoms. The monoisotopic (exact) mass is 409 g/mol. The van der Waals surface area contributed by atoms with Crippen molar-refractivity contribution < 1.29 is 9.21 Å². The SMILES string of the molecule is Cc1cccc(NC(=O)CSc2nc(=O)n(Cc3ccco3)c3c2CCCC3)c1. The number of thioether (sulfide) groups is 1. The van der Waals surface area contributed by atoms with Gasteiger partial charge in [-0.05, 0) is 62.4 Å². The van der Waals surface area contributed by atoms with Crippen LogP contribution in [0.4, 0.5) is 5.69 Å². The Balaban J connectivity index is 1.52. The van der Waals surface area contributed by atoms with E-state index in [2.05, 4.69) is 10.3 Å². The number of nitrogens with zero attached hydrogens (tertiary/aromatic N) is 2. The quantitative estimate of drug-likeness (QED) is 0.495. The van der Waals surface area contributed by atoms with Crippen molar-refractivity contribution in [3.05, 3.63) is 75.7 Å². The van der Waals surface area contributed by atoms with Gasteiger partial charge < -0.3 is 9.73 Å². The lowest BCUT2D eigenvalue weighted by molar-refractivity contribution is -0.113. The molecule has 2 heterocycles. The zero-order valence-corrected chi connectivity index (χ0v) is 17.1. The minimum Gasteiger partial charge on any atom is -0.467 e. The number of anilines is 1. The summed E-state index contributed by atoms with van der Waals surface area (Å²) >= 11 is 1.34. The van der Waals surface area contributed by atoms with Gasteiger partial charge in [0, 0.05) is 16.9 Å². The van der Waals surface area contributed by atoms with Crippen molar-refractivity contribution in [1.29, 1.82) is 0 Å². The van der Waals surface area contributed by atoms with Crippen LogP contribution in [0.3, 0.4) is 0 Å². The van der Waals surface area contributed by atoms with Gasteiger partial charge in [-0.15, -0.1) is 0 Å². The smallest absolute Gasteiger partial charge is 0.349 e. The number of furan rings is 1. The van der Waals surface area contributed by atoms with Gasteiger partial charge in [0.25, 0.3) is 0 Å². The van der Waals surface area contributed by atoms with E-state index in [1.54, 1.807) is 10.8 Å². The number of aryl methyl sites for hydroxylation is 1. The summed E-state index contributed by atoms with van der Waals surface area (Å²) in [7, 11) is 0. The molecular weight excluding hydrogens is 386 g/mol. The lowest BCUT2D eigenvalue weighted by atomic mass is 9.97. The second kappa shape index (κ2) is 8.69. The normalized spacial score (nSPS) is 13.1. The predicted octanol–water partition coefficient (Wildman–Crippen LogP) is 3.80. The summed E-state index contributed by atoms with van der Waals surface area (Å²) in [4.78, 5) is 29.4. The van der Waals surface area contributed by atoms with E-state index in [0.29, 0.717) is 11.6 Å². The Hall–Kier alpha value is -2.80. The van der Waals surface area contributed by atoms with Crippen molar-refractivity contribution >= 4 is 23.4 Å². The summed E-state index contributed by atoms with van der Waals surface area (Å²) in [6, 6.07) is 11.4. The number of carbonyl (C=O) groups is 1. The standard InChI is InChI=1S/C22H23N3O3S/c1-15-6-4-7-16(12-15)23-20(26)14-29-21-18-9-2-3-10-19(18)25(22(27)24-21)13-17-8-5-11-28-17/h4-8,11-12H,2-3,9-10,13-14H2,1H3,(H,23,26). The van der Waals surface area contributed by atoms with E-state index in [1.165, 1.54) is 11.8 Å². The van der Waals surface area contributed by atoms with Gasteiger partial charge in [-0.2, -0.15) is 4.98 Å². The second-order valence-electron chi connectivity index (χ2n) is 7.20. The molecule has 29 heavy (non-hydrogen) atoms. The molecule has 0 saturated carbocycles. The number of hydrogen-bond donors (Lipinski definition) is 1. The van der Waals surface area contributed by atoms with Crippen molar-refractivity contribution in [2.45, 2.75) is 44.2 Å². The number of fused-ring (bicyclic) bond motifs is 1. The molecule has 4 rings (SSSR count). The van der Waals surface area contributed by atoms with Gasteiger partial charge in [0.1, 0.15) is 10.8 Å². The molecule has 1 N–H and O–H groups in total. The van der Waals surface area contributed by atoms with E-state index < -0.39 is 0 Å². The number of amides is 1. The minimum atomic E-state index is -0.288. The van der Waals surface area contributed by atoms with Crippen LogP contribution in [0.5, 0.6) is 0 Å². The first-order valence-electron chi connectivity index (χ1n) is 9.74. The van der Waals surface area contributed by atoms with Crippen molar-refractivity contribution in [3.8, 4) is 0 Å². The summed E-state index contributed by atoms with van der Waals surface area (Å²) in [5, 5.41) is 3.59. The third kappa shape index (κ3) is 4.62. The van der Waals surface area contributed by atoms with Gasteiger partial charge in [-0.3, -0.25) is 9.36 Å². The Morgan fingerprint density at radius 2 is 2.10 bits per heavy atom. The molecule has 0 atom stereocenters. The third-order valence-electron chi connectivity index (χ3n) is 4.99. The molecule has 0 saturated heterocycles. The molecule has 1 aliphatic carbocycles. The summed E-state index contributed by atoms with van der Waals surface area (Å²) in [5.41, 5.74) is 3.69. The van der Waals surface area contributed by atoms with Crippen LogP contribution in [0.1, 0.15) is 35.4 Å². The number of carbonyl (C=O) groups excluding carboxylic acids is 1. The molecular formula is C22H23N3O3S. The van der Waals surface area contributed by atoms with Crippen LogP contribution in [-0.4, -0.2) is 21.2 Å². The molecule has 0 aliphatic heterocycles. The molecule has 0 fully saturated rings. The van der Waals surface area contributed by atoms with Crippen LogP contribution < -0.4 is 11.0 Å². The number of hydrogen-bond acceptors (Lipinski definition) is 5. The highest BCUT2D eigenvalue weighted by Crippen LogP contribution is 2.29. The summed E-state index contributed by atoms with van der Waals surface area (Å²) in [6.07, 6.45) is 5.44. The van der Waals surface area contributed by atoms with Crippen LogP contribution >= 0.6 is 11.8 Å².